The van der Waals surface area contributed by atoms with E-state index >= 15 is 0 Å². The summed E-state index contributed by atoms with van der Waals surface area (Å²) in [6, 6.07) is 19.3. The van der Waals surface area contributed by atoms with Crippen LogP contribution in [0.4, 0.5) is 0 Å². The van der Waals surface area contributed by atoms with E-state index < -0.39 is 0 Å². The summed E-state index contributed by atoms with van der Waals surface area (Å²) in [7, 11) is 1.96. The van der Waals surface area contributed by atoms with Gasteiger partial charge in [-0.25, -0.2) is 0 Å². The standard InChI is InChI=1S/C23H18N2O4/c1-25-13-16(18-7-3-4-8-19(18)25)11-23(26)27-14-17-12-22(29-24-17)21-10-15-6-2-5-9-20(15)28-21/h2-10,12-13H,11,14H2,1H3. The number of para-hydroxylation sites is 2. The molecule has 2 aromatic carbocycles. The number of carbonyl (C=O) groups excluding carboxylic acids is 1. The molecule has 0 spiro atoms. The van der Waals surface area contributed by atoms with Gasteiger partial charge in [0, 0.05) is 35.6 Å². The Bertz CT molecular complexity index is 1290. The molecule has 5 aromatic rings. The number of carbonyl (C=O) groups is 1. The van der Waals surface area contributed by atoms with Crippen LogP contribution in [0.5, 0.6) is 0 Å². The minimum atomic E-state index is -0.311. The molecule has 3 heterocycles. The Morgan fingerprint density at radius 1 is 1.07 bits per heavy atom. The summed E-state index contributed by atoms with van der Waals surface area (Å²) in [5.74, 6) is 0.781. The highest BCUT2D eigenvalue weighted by Gasteiger charge is 2.15. The lowest BCUT2D eigenvalue weighted by molar-refractivity contribution is -0.144. The van der Waals surface area contributed by atoms with Crippen molar-refractivity contribution >= 4 is 27.8 Å². The van der Waals surface area contributed by atoms with E-state index in [2.05, 4.69) is 5.16 Å². The van der Waals surface area contributed by atoms with Crippen LogP contribution in [0.3, 0.4) is 0 Å². The van der Waals surface area contributed by atoms with E-state index in [0.29, 0.717) is 17.2 Å². The molecule has 144 valence electrons. The molecule has 0 aliphatic heterocycles. The third-order valence-electron chi connectivity index (χ3n) is 4.92. The SMILES string of the molecule is Cn1cc(CC(=O)OCc2cc(-c3cc4ccccc4o3)on2)c2ccccc21. The van der Waals surface area contributed by atoms with Crippen LogP contribution in [0, 0.1) is 0 Å². The number of hydrogen-bond donors (Lipinski definition) is 0. The first-order valence-corrected chi connectivity index (χ1v) is 9.30. The fourth-order valence-electron chi connectivity index (χ4n) is 3.53. The van der Waals surface area contributed by atoms with Crippen LogP contribution < -0.4 is 0 Å². The molecule has 0 unspecified atom stereocenters. The first-order chi connectivity index (χ1) is 14.2. The van der Waals surface area contributed by atoms with Gasteiger partial charge >= 0.3 is 5.97 Å². The van der Waals surface area contributed by atoms with Crippen molar-refractivity contribution in [3.63, 3.8) is 0 Å². The van der Waals surface area contributed by atoms with Crippen molar-refractivity contribution in [2.45, 2.75) is 13.0 Å². The molecule has 29 heavy (non-hydrogen) atoms. The summed E-state index contributed by atoms with van der Waals surface area (Å²) in [6.45, 7) is 0.0489. The van der Waals surface area contributed by atoms with E-state index in [-0.39, 0.29) is 19.0 Å². The van der Waals surface area contributed by atoms with Crippen LogP contribution >= 0.6 is 0 Å². The number of ether oxygens (including phenoxy) is 1. The third-order valence-corrected chi connectivity index (χ3v) is 4.92. The van der Waals surface area contributed by atoms with Crippen LogP contribution in [0.2, 0.25) is 0 Å². The van der Waals surface area contributed by atoms with Crippen LogP contribution in [0.25, 0.3) is 33.4 Å². The maximum atomic E-state index is 12.3. The molecule has 0 saturated heterocycles. The molecule has 0 amide bonds. The number of aromatic nitrogens is 2. The molecule has 0 fully saturated rings. The molecule has 0 radical (unpaired) electrons. The van der Waals surface area contributed by atoms with Gasteiger partial charge in [0.15, 0.2) is 5.76 Å². The normalized spacial score (nSPS) is 11.3. The second-order valence-electron chi connectivity index (χ2n) is 6.95. The third kappa shape index (κ3) is 3.29. The highest BCUT2D eigenvalue weighted by molar-refractivity contribution is 5.88. The lowest BCUT2D eigenvalue weighted by atomic mass is 10.1. The molecule has 0 aliphatic carbocycles. The molecular weight excluding hydrogens is 368 g/mol. The molecule has 0 aliphatic rings. The molecule has 0 atom stereocenters. The maximum Gasteiger partial charge on any atom is 0.310 e. The average molecular weight is 386 g/mol. The van der Waals surface area contributed by atoms with Gasteiger partial charge in [0.1, 0.15) is 17.9 Å². The number of hydrogen-bond acceptors (Lipinski definition) is 5. The molecule has 6 nitrogen and oxygen atoms in total. The van der Waals surface area contributed by atoms with Gasteiger partial charge in [-0.15, -0.1) is 0 Å². The van der Waals surface area contributed by atoms with E-state index in [1.54, 1.807) is 6.07 Å². The molecule has 6 heteroatoms. The minimum absolute atomic E-state index is 0.0489. The zero-order valence-electron chi connectivity index (χ0n) is 15.8. The topological polar surface area (TPSA) is 70.4 Å². The van der Waals surface area contributed by atoms with Crippen LogP contribution in [-0.4, -0.2) is 15.7 Å². The second kappa shape index (κ2) is 6.98. The predicted octanol–water partition coefficient (Wildman–Crippen LogP) is 4.87. The van der Waals surface area contributed by atoms with E-state index in [1.165, 1.54) is 0 Å². The largest absolute Gasteiger partial charge is 0.459 e. The van der Waals surface area contributed by atoms with Crippen LogP contribution in [-0.2, 0) is 29.6 Å². The Labute approximate surface area is 166 Å². The Balaban J connectivity index is 1.26. The van der Waals surface area contributed by atoms with Gasteiger partial charge in [-0.2, -0.15) is 0 Å². The van der Waals surface area contributed by atoms with Gasteiger partial charge in [0.05, 0.1) is 6.42 Å². The summed E-state index contributed by atoms with van der Waals surface area (Å²) < 4.78 is 18.5. The number of esters is 1. The highest BCUT2D eigenvalue weighted by atomic mass is 16.5. The smallest absolute Gasteiger partial charge is 0.310 e. The molecule has 0 saturated carbocycles. The van der Waals surface area contributed by atoms with Crippen molar-refractivity contribution in [3.05, 3.63) is 78.1 Å². The van der Waals surface area contributed by atoms with E-state index in [1.807, 2.05) is 72.4 Å². The molecule has 0 bridgehead atoms. The van der Waals surface area contributed by atoms with Crippen molar-refractivity contribution in [2.24, 2.45) is 7.05 Å². The molecule has 3 aromatic heterocycles. The van der Waals surface area contributed by atoms with Gasteiger partial charge in [-0.1, -0.05) is 41.6 Å². The van der Waals surface area contributed by atoms with Gasteiger partial charge in [0.25, 0.3) is 0 Å². The van der Waals surface area contributed by atoms with Crippen LogP contribution in [0.15, 0.2) is 75.8 Å². The van der Waals surface area contributed by atoms with Crippen LogP contribution in [0.1, 0.15) is 11.3 Å². The zero-order chi connectivity index (χ0) is 19.8. The summed E-state index contributed by atoms with van der Waals surface area (Å²) in [4.78, 5) is 12.3. The van der Waals surface area contributed by atoms with Crippen molar-refractivity contribution in [3.8, 4) is 11.5 Å². The van der Waals surface area contributed by atoms with Gasteiger partial charge < -0.3 is 18.2 Å². The van der Waals surface area contributed by atoms with E-state index in [0.717, 1.165) is 27.4 Å². The maximum absolute atomic E-state index is 12.3. The van der Waals surface area contributed by atoms with Gasteiger partial charge in [0.2, 0.25) is 5.76 Å². The van der Waals surface area contributed by atoms with E-state index in [9.17, 15) is 4.79 Å². The zero-order valence-corrected chi connectivity index (χ0v) is 15.8. The Morgan fingerprint density at radius 3 is 2.79 bits per heavy atom. The Hall–Kier alpha value is -3.80. The number of rotatable bonds is 5. The fraction of sp³-hybridized carbons (Fsp3) is 0.130. The number of aryl methyl sites for hydroxylation is 1. The lowest BCUT2D eigenvalue weighted by Crippen LogP contribution is -2.07. The Kier molecular flexibility index (Phi) is 4.17. The van der Waals surface area contributed by atoms with Gasteiger partial charge in [-0.05, 0) is 23.8 Å². The van der Waals surface area contributed by atoms with Crippen molar-refractivity contribution < 1.29 is 18.5 Å². The summed E-state index contributed by atoms with van der Waals surface area (Å²) >= 11 is 0. The predicted molar refractivity (Wildman–Crippen MR) is 108 cm³/mol. The molecule has 5 rings (SSSR count). The number of furan rings is 1. The quantitative estimate of drug-likeness (QED) is 0.403. The fourth-order valence-corrected chi connectivity index (χ4v) is 3.53. The molecule has 0 N–H and O–H groups in total. The van der Waals surface area contributed by atoms with Crippen molar-refractivity contribution in [2.75, 3.05) is 0 Å². The Morgan fingerprint density at radius 2 is 1.90 bits per heavy atom. The second-order valence-corrected chi connectivity index (χ2v) is 6.95. The monoisotopic (exact) mass is 386 g/mol. The lowest BCUT2D eigenvalue weighted by Gasteiger charge is -2.01. The first kappa shape index (κ1) is 17.3. The van der Waals surface area contributed by atoms with Crippen molar-refractivity contribution in [1.82, 2.24) is 9.72 Å². The average Bonchev–Trinajstić information content (AvgIpc) is 3.44. The molecular formula is C23H18N2O4. The summed E-state index contributed by atoms with van der Waals surface area (Å²) in [5, 5.41) is 6.02. The first-order valence-electron chi connectivity index (χ1n) is 9.30. The highest BCUT2D eigenvalue weighted by Crippen LogP contribution is 2.28. The number of benzene rings is 2. The minimum Gasteiger partial charge on any atom is -0.459 e. The summed E-state index contributed by atoms with van der Waals surface area (Å²) in [5.41, 5.74) is 3.34. The van der Waals surface area contributed by atoms with Gasteiger partial charge in [-0.3, -0.25) is 4.79 Å². The van der Waals surface area contributed by atoms with E-state index in [4.69, 9.17) is 13.7 Å². The number of fused-ring (bicyclic) bond motifs is 2. The number of nitrogens with zero attached hydrogens (tertiary/aromatic N) is 2. The summed E-state index contributed by atoms with van der Waals surface area (Å²) in [6.07, 6.45) is 2.16. The van der Waals surface area contributed by atoms with Crippen molar-refractivity contribution in [1.29, 1.82) is 0 Å².